The molecule has 2 aromatic rings. The second-order valence-corrected chi connectivity index (χ2v) is 6.29. The minimum Gasteiger partial charge on any atom is -0.477 e. The van der Waals surface area contributed by atoms with Crippen LogP contribution in [0.5, 0.6) is 5.75 Å². The van der Waals surface area contributed by atoms with Crippen LogP contribution in [0.4, 0.5) is 0 Å². The number of rotatable bonds is 4. The summed E-state index contributed by atoms with van der Waals surface area (Å²) in [4.78, 5) is 24.0. The van der Waals surface area contributed by atoms with E-state index in [-0.39, 0.29) is 17.8 Å². The fraction of sp³-hybridized carbons (Fsp3) is 0.111. The molecule has 0 amide bonds. The predicted molar refractivity (Wildman–Crippen MR) is 94.8 cm³/mol. The van der Waals surface area contributed by atoms with Crippen molar-refractivity contribution in [1.29, 1.82) is 0 Å². The molecule has 25 heavy (non-hydrogen) atoms. The Bertz CT molecular complexity index is 819. The van der Waals surface area contributed by atoms with Crippen molar-refractivity contribution in [2.75, 3.05) is 6.54 Å². The van der Waals surface area contributed by atoms with Crippen LogP contribution in [-0.4, -0.2) is 23.6 Å². The van der Waals surface area contributed by atoms with Crippen LogP contribution < -0.4 is 15.4 Å². The first-order valence-electron chi connectivity index (χ1n) is 7.53. The first-order chi connectivity index (χ1) is 12.0. The van der Waals surface area contributed by atoms with Gasteiger partial charge in [0.15, 0.2) is 0 Å². The molecule has 3 N–H and O–H groups in total. The number of ether oxygens (including phenoxy) is 1. The van der Waals surface area contributed by atoms with Gasteiger partial charge in [-0.2, -0.15) is 0 Å². The lowest BCUT2D eigenvalue weighted by molar-refractivity contribution is -0.135. The number of carboxylic acid groups (broad SMARTS) is 1. The molecule has 1 aliphatic rings. The van der Waals surface area contributed by atoms with Gasteiger partial charge in [0.2, 0.25) is 0 Å². The molecule has 2 aromatic carbocycles. The molecule has 0 radical (unpaired) electrons. The molecule has 1 unspecified atom stereocenters. The summed E-state index contributed by atoms with van der Waals surface area (Å²) in [5.74, 6) is -1.56. The maximum atomic E-state index is 12.4. The lowest BCUT2D eigenvalue weighted by atomic mass is 10.1. The SMILES string of the molecule is O=C(O)C1=C(C(=O)Oc2ccc(Br)cc2)CNC(c2ccccc2)N1. The summed E-state index contributed by atoms with van der Waals surface area (Å²) in [5, 5.41) is 15.4. The van der Waals surface area contributed by atoms with Crippen LogP contribution >= 0.6 is 15.9 Å². The number of halogens is 1. The fourth-order valence-electron chi connectivity index (χ4n) is 2.46. The Morgan fingerprint density at radius 1 is 1.08 bits per heavy atom. The number of carbonyl (C=O) groups excluding carboxylic acids is 1. The molecule has 1 atom stereocenters. The van der Waals surface area contributed by atoms with Gasteiger partial charge in [-0.3, -0.25) is 5.32 Å². The van der Waals surface area contributed by atoms with E-state index in [1.165, 1.54) is 0 Å². The smallest absolute Gasteiger partial charge is 0.352 e. The Morgan fingerprint density at radius 2 is 1.76 bits per heavy atom. The minimum absolute atomic E-state index is 0.0441. The van der Waals surface area contributed by atoms with Crippen molar-refractivity contribution >= 4 is 27.9 Å². The highest BCUT2D eigenvalue weighted by Gasteiger charge is 2.29. The zero-order chi connectivity index (χ0) is 17.8. The number of aliphatic carboxylic acids is 1. The standard InChI is InChI=1S/C18H15BrN2O4/c19-12-6-8-13(9-7-12)25-18(24)14-10-20-16(21-15(14)17(22)23)11-4-2-1-3-5-11/h1-9,16,20-21H,10H2,(H,22,23). The lowest BCUT2D eigenvalue weighted by Crippen LogP contribution is -2.45. The van der Waals surface area contributed by atoms with E-state index in [4.69, 9.17) is 4.74 Å². The normalized spacial score (nSPS) is 16.9. The molecule has 3 rings (SSSR count). The number of hydrogen-bond donors (Lipinski definition) is 3. The van der Waals surface area contributed by atoms with Gasteiger partial charge in [0, 0.05) is 11.0 Å². The molecule has 0 aliphatic carbocycles. The monoisotopic (exact) mass is 402 g/mol. The van der Waals surface area contributed by atoms with E-state index in [9.17, 15) is 14.7 Å². The molecule has 128 valence electrons. The van der Waals surface area contributed by atoms with Crippen LogP contribution in [0, 0.1) is 0 Å². The minimum atomic E-state index is -1.20. The van der Waals surface area contributed by atoms with Crippen molar-refractivity contribution < 1.29 is 19.4 Å². The quantitative estimate of drug-likeness (QED) is 0.538. The van der Waals surface area contributed by atoms with Crippen molar-refractivity contribution in [3.8, 4) is 5.75 Å². The van der Waals surface area contributed by atoms with Gasteiger partial charge in [0.05, 0.1) is 5.57 Å². The Balaban J connectivity index is 1.81. The third-order valence-corrected chi connectivity index (χ3v) is 4.22. The summed E-state index contributed by atoms with van der Waals surface area (Å²) in [6, 6.07) is 16.1. The Labute approximate surface area is 152 Å². The van der Waals surface area contributed by atoms with Gasteiger partial charge in [-0.05, 0) is 29.8 Å². The van der Waals surface area contributed by atoms with Crippen molar-refractivity contribution in [2.45, 2.75) is 6.17 Å². The summed E-state index contributed by atoms with van der Waals surface area (Å²) >= 11 is 3.30. The van der Waals surface area contributed by atoms with Gasteiger partial charge in [-0.1, -0.05) is 46.3 Å². The molecular formula is C18H15BrN2O4. The topological polar surface area (TPSA) is 87.7 Å². The number of nitrogens with one attached hydrogen (secondary N) is 2. The van der Waals surface area contributed by atoms with Gasteiger partial charge in [-0.15, -0.1) is 0 Å². The zero-order valence-electron chi connectivity index (χ0n) is 13.0. The average molecular weight is 403 g/mol. The lowest BCUT2D eigenvalue weighted by Gasteiger charge is -2.28. The average Bonchev–Trinajstić information content (AvgIpc) is 2.63. The number of carbonyl (C=O) groups is 2. The van der Waals surface area contributed by atoms with Gasteiger partial charge in [0.25, 0.3) is 0 Å². The second-order valence-electron chi connectivity index (χ2n) is 5.37. The van der Waals surface area contributed by atoms with E-state index >= 15 is 0 Å². The fourth-order valence-corrected chi connectivity index (χ4v) is 2.72. The van der Waals surface area contributed by atoms with E-state index in [2.05, 4.69) is 26.6 Å². The van der Waals surface area contributed by atoms with E-state index in [1.807, 2.05) is 30.3 Å². The highest BCUT2D eigenvalue weighted by molar-refractivity contribution is 9.10. The first-order valence-corrected chi connectivity index (χ1v) is 8.33. The van der Waals surface area contributed by atoms with Crippen molar-refractivity contribution in [3.05, 3.63) is 75.9 Å². The first kappa shape index (κ1) is 17.2. The van der Waals surface area contributed by atoms with E-state index in [0.717, 1.165) is 10.0 Å². The Kier molecular flexibility index (Phi) is 5.16. The third kappa shape index (κ3) is 4.07. The van der Waals surface area contributed by atoms with Crippen LogP contribution in [-0.2, 0) is 9.59 Å². The number of esters is 1. The molecule has 0 fully saturated rings. The molecule has 0 spiro atoms. The molecule has 0 aromatic heterocycles. The molecule has 7 heteroatoms. The van der Waals surface area contributed by atoms with Crippen LogP contribution in [0.25, 0.3) is 0 Å². The largest absolute Gasteiger partial charge is 0.477 e. The molecule has 0 bridgehead atoms. The van der Waals surface area contributed by atoms with Crippen LogP contribution in [0.1, 0.15) is 11.7 Å². The third-order valence-electron chi connectivity index (χ3n) is 3.69. The highest BCUT2D eigenvalue weighted by Crippen LogP contribution is 2.21. The molecular weight excluding hydrogens is 388 g/mol. The molecule has 0 saturated carbocycles. The van der Waals surface area contributed by atoms with Crippen molar-refractivity contribution in [1.82, 2.24) is 10.6 Å². The van der Waals surface area contributed by atoms with Crippen LogP contribution in [0.2, 0.25) is 0 Å². The zero-order valence-corrected chi connectivity index (χ0v) is 14.6. The van der Waals surface area contributed by atoms with Gasteiger partial charge in [-0.25, -0.2) is 9.59 Å². The van der Waals surface area contributed by atoms with Crippen LogP contribution in [0.3, 0.4) is 0 Å². The van der Waals surface area contributed by atoms with E-state index in [1.54, 1.807) is 24.3 Å². The summed E-state index contributed by atoms with van der Waals surface area (Å²) < 4.78 is 6.12. The van der Waals surface area contributed by atoms with Crippen molar-refractivity contribution in [3.63, 3.8) is 0 Å². The summed E-state index contributed by atoms with van der Waals surface area (Å²) in [6.45, 7) is 0.0869. The van der Waals surface area contributed by atoms with Gasteiger partial charge >= 0.3 is 11.9 Å². The highest BCUT2D eigenvalue weighted by atomic mass is 79.9. The predicted octanol–water partition coefficient (Wildman–Crippen LogP) is 2.58. The number of benzene rings is 2. The maximum absolute atomic E-state index is 12.4. The summed E-state index contributed by atoms with van der Waals surface area (Å²) in [6.07, 6.45) is -0.392. The maximum Gasteiger partial charge on any atom is 0.352 e. The molecule has 6 nitrogen and oxygen atoms in total. The van der Waals surface area contributed by atoms with Crippen molar-refractivity contribution in [2.24, 2.45) is 0 Å². The Morgan fingerprint density at radius 3 is 2.40 bits per heavy atom. The van der Waals surface area contributed by atoms with Crippen LogP contribution in [0.15, 0.2) is 70.3 Å². The molecule has 1 aliphatic heterocycles. The van der Waals surface area contributed by atoms with Gasteiger partial charge in [0.1, 0.15) is 17.6 Å². The summed E-state index contributed by atoms with van der Waals surface area (Å²) in [5.41, 5.74) is 0.763. The molecule has 1 heterocycles. The van der Waals surface area contributed by atoms with Gasteiger partial charge < -0.3 is 15.2 Å². The Hall–Kier alpha value is -2.64. The van der Waals surface area contributed by atoms with E-state index < -0.39 is 18.1 Å². The number of carboxylic acids is 1. The molecule has 0 saturated heterocycles. The van der Waals surface area contributed by atoms with E-state index in [0.29, 0.717) is 5.75 Å². The summed E-state index contributed by atoms with van der Waals surface area (Å²) in [7, 11) is 0. The second kappa shape index (κ2) is 7.50. The number of hydrogen-bond acceptors (Lipinski definition) is 5.